The number of phenolic OH excluding ortho intramolecular Hbond substituents is 1. The van der Waals surface area contributed by atoms with Crippen LogP contribution in [0.1, 0.15) is 24.1 Å². The molecule has 2 aromatic rings. The lowest BCUT2D eigenvalue weighted by Gasteiger charge is -2.15. The number of methoxy groups -OCH3 is 1. The molecule has 2 N–H and O–H groups in total. The molecular weight excluding hydrogens is 337 g/mol. The van der Waals surface area contributed by atoms with Crippen molar-refractivity contribution < 1.29 is 14.2 Å². The molecule has 112 valence electrons. The predicted octanol–water partition coefficient (Wildman–Crippen LogP) is 4.15. The Labute approximate surface area is 131 Å². The number of phenols is 1. The van der Waals surface area contributed by atoms with Crippen LogP contribution in [0.25, 0.3) is 0 Å². The first-order chi connectivity index (χ1) is 10.0. The van der Waals surface area contributed by atoms with Gasteiger partial charge in [0.05, 0.1) is 11.6 Å². The molecule has 0 fully saturated rings. The molecule has 0 unspecified atom stereocenters. The van der Waals surface area contributed by atoms with Gasteiger partial charge in [0.25, 0.3) is 0 Å². The van der Waals surface area contributed by atoms with Crippen LogP contribution in [0.4, 0.5) is 4.39 Å². The van der Waals surface area contributed by atoms with Gasteiger partial charge in [-0.1, -0.05) is 12.1 Å². The van der Waals surface area contributed by atoms with Gasteiger partial charge in [0.1, 0.15) is 5.82 Å². The third-order valence-corrected chi connectivity index (χ3v) is 3.90. The fourth-order valence-corrected chi connectivity index (χ4v) is 2.51. The van der Waals surface area contributed by atoms with E-state index in [1.54, 1.807) is 18.2 Å². The normalized spacial score (nSPS) is 12.2. The van der Waals surface area contributed by atoms with E-state index in [0.29, 0.717) is 16.8 Å². The van der Waals surface area contributed by atoms with E-state index >= 15 is 0 Å². The van der Waals surface area contributed by atoms with Crippen molar-refractivity contribution in [3.8, 4) is 11.5 Å². The monoisotopic (exact) mass is 353 g/mol. The summed E-state index contributed by atoms with van der Waals surface area (Å²) in [5, 5.41) is 13.1. The SMILES string of the molecule is COc1cc(CN[C@@H](C)c2ccc(F)cc2)cc(Br)c1O. The molecule has 2 rings (SSSR count). The number of ether oxygens (including phenoxy) is 1. The van der Waals surface area contributed by atoms with E-state index in [9.17, 15) is 9.50 Å². The molecule has 0 heterocycles. The summed E-state index contributed by atoms with van der Waals surface area (Å²) in [6.07, 6.45) is 0. The van der Waals surface area contributed by atoms with E-state index in [2.05, 4.69) is 21.2 Å². The van der Waals surface area contributed by atoms with Crippen LogP contribution in [0.3, 0.4) is 0 Å². The molecule has 0 aliphatic carbocycles. The van der Waals surface area contributed by atoms with Crippen molar-refractivity contribution in [3.63, 3.8) is 0 Å². The minimum Gasteiger partial charge on any atom is -0.503 e. The molecule has 1 atom stereocenters. The van der Waals surface area contributed by atoms with Crippen molar-refractivity contribution >= 4 is 15.9 Å². The number of rotatable bonds is 5. The van der Waals surface area contributed by atoms with Crippen molar-refractivity contribution in [2.75, 3.05) is 7.11 Å². The fourth-order valence-electron chi connectivity index (χ4n) is 2.03. The van der Waals surface area contributed by atoms with E-state index in [-0.39, 0.29) is 17.6 Å². The van der Waals surface area contributed by atoms with E-state index in [4.69, 9.17) is 4.74 Å². The van der Waals surface area contributed by atoms with Crippen molar-refractivity contribution in [1.29, 1.82) is 0 Å². The van der Waals surface area contributed by atoms with Gasteiger partial charge in [0, 0.05) is 12.6 Å². The van der Waals surface area contributed by atoms with Crippen molar-refractivity contribution in [2.45, 2.75) is 19.5 Å². The number of hydrogen-bond donors (Lipinski definition) is 2. The minimum atomic E-state index is -0.238. The minimum absolute atomic E-state index is 0.0872. The van der Waals surface area contributed by atoms with Gasteiger partial charge in [-0.15, -0.1) is 0 Å². The van der Waals surface area contributed by atoms with Gasteiger partial charge < -0.3 is 15.2 Å². The third-order valence-electron chi connectivity index (χ3n) is 3.29. The lowest BCUT2D eigenvalue weighted by molar-refractivity contribution is 0.371. The van der Waals surface area contributed by atoms with Crippen LogP contribution in [-0.2, 0) is 6.54 Å². The Hall–Kier alpha value is -1.59. The zero-order valence-corrected chi connectivity index (χ0v) is 13.4. The molecule has 0 aliphatic heterocycles. The molecule has 0 spiro atoms. The highest BCUT2D eigenvalue weighted by Crippen LogP contribution is 2.35. The zero-order chi connectivity index (χ0) is 15.4. The molecular formula is C16H17BrFNO2. The van der Waals surface area contributed by atoms with E-state index < -0.39 is 0 Å². The van der Waals surface area contributed by atoms with Gasteiger partial charge in [0.15, 0.2) is 11.5 Å². The molecule has 3 nitrogen and oxygen atoms in total. The maximum Gasteiger partial charge on any atom is 0.172 e. The lowest BCUT2D eigenvalue weighted by atomic mass is 10.1. The van der Waals surface area contributed by atoms with E-state index in [1.165, 1.54) is 19.2 Å². The molecule has 0 aromatic heterocycles. The predicted molar refractivity (Wildman–Crippen MR) is 84.0 cm³/mol. The Kier molecular flexibility index (Phi) is 5.20. The van der Waals surface area contributed by atoms with Gasteiger partial charge in [-0.05, 0) is 58.2 Å². The number of halogens is 2. The standard InChI is InChI=1S/C16H17BrFNO2/c1-10(12-3-5-13(18)6-4-12)19-9-11-7-14(17)16(20)15(8-11)21-2/h3-8,10,19-20H,9H2,1-2H3/t10-/m0/s1. The summed E-state index contributed by atoms with van der Waals surface area (Å²) in [4.78, 5) is 0. The number of benzene rings is 2. The molecule has 0 radical (unpaired) electrons. The van der Waals surface area contributed by atoms with E-state index in [1.807, 2.05) is 13.0 Å². The highest BCUT2D eigenvalue weighted by molar-refractivity contribution is 9.10. The van der Waals surface area contributed by atoms with Crippen LogP contribution in [0.2, 0.25) is 0 Å². The molecule has 0 amide bonds. The first kappa shape index (κ1) is 15.8. The summed E-state index contributed by atoms with van der Waals surface area (Å²) in [6, 6.07) is 10.1. The molecule has 5 heteroatoms. The second-order valence-electron chi connectivity index (χ2n) is 4.78. The van der Waals surface area contributed by atoms with Crippen LogP contribution < -0.4 is 10.1 Å². The molecule has 2 aromatic carbocycles. The Morgan fingerprint density at radius 2 is 1.95 bits per heavy atom. The topological polar surface area (TPSA) is 41.5 Å². The number of nitrogens with one attached hydrogen (secondary N) is 1. The average Bonchev–Trinajstić information content (AvgIpc) is 2.48. The first-order valence-corrected chi connectivity index (χ1v) is 7.34. The van der Waals surface area contributed by atoms with Gasteiger partial charge >= 0.3 is 0 Å². The quantitative estimate of drug-likeness (QED) is 0.848. The Morgan fingerprint density at radius 1 is 1.29 bits per heavy atom. The summed E-state index contributed by atoms with van der Waals surface area (Å²) in [6.45, 7) is 2.62. The van der Waals surface area contributed by atoms with Crippen LogP contribution in [0.15, 0.2) is 40.9 Å². The van der Waals surface area contributed by atoms with Crippen LogP contribution in [0.5, 0.6) is 11.5 Å². The fraction of sp³-hybridized carbons (Fsp3) is 0.250. The highest BCUT2D eigenvalue weighted by Gasteiger charge is 2.10. The summed E-state index contributed by atoms with van der Waals surface area (Å²) in [5.74, 6) is 0.279. The molecule has 0 bridgehead atoms. The first-order valence-electron chi connectivity index (χ1n) is 6.55. The second kappa shape index (κ2) is 6.91. The zero-order valence-electron chi connectivity index (χ0n) is 11.9. The Bertz CT molecular complexity index is 616. The summed E-state index contributed by atoms with van der Waals surface area (Å²) in [7, 11) is 1.51. The lowest BCUT2D eigenvalue weighted by Crippen LogP contribution is -2.18. The van der Waals surface area contributed by atoms with Gasteiger partial charge in [-0.3, -0.25) is 0 Å². The number of aromatic hydroxyl groups is 1. The second-order valence-corrected chi connectivity index (χ2v) is 5.64. The summed E-state index contributed by atoms with van der Waals surface area (Å²) >= 11 is 3.30. The van der Waals surface area contributed by atoms with Crippen LogP contribution in [-0.4, -0.2) is 12.2 Å². The summed E-state index contributed by atoms with van der Waals surface area (Å²) in [5.41, 5.74) is 1.99. The Morgan fingerprint density at radius 3 is 2.57 bits per heavy atom. The Balaban J connectivity index is 2.05. The third kappa shape index (κ3) is 3.95. The maximum absolute atomic E-state index is 12.9. The van der Waals surface area contributed by atoms with Gasteiger partial charge in [-0.25, -0.2) is 4.39 Å². The highest BCUT2D eigenvalue weighted by atomic mass is 79.9. The molecule has 0 saturated carbocycles. The van der Waals surface area contributed by atoms with Crippen LogP contribution >= 0.6 is 15.9 Å². The average molecular weight is 354 g/mol. The maximum atomic E-state index is 12.9. The van der Waals surface area contributed by atoms with Gasteiger partial charge in [0.2, 0.25) is 0 Å². The number of hydrogen-bond acceptors (Lipinski definition) is 3. The van der Waals surface area contributed by atoms with Crippen molar-refractivity contribution in [3.05, 3.63) is 57.8 Å². The van der Waals surface area contributed by atoms with E-state index in [0.717, 1.165) is 11.1 Å². The van der Waals surface area contributed by atoms with Crippen molar-refractivity contribution in [1.82, 2.24) is 5.32 Å². The van der Waals surface area contributed by atoms with Crippen LogP contribution in [0, 0.1) is 5.82 Å². The summed E-state index contributed by atoms with van der Waals surface area (Å²) < 4.78 is 18.6. The molecule has 21 heavy (non-hydrogen) atoms. The molecule has 0 saturated heterocycles. The molecule has 0 aliphatic rings. The largest absolute Gasteiger partial charge is 0.503 e. The smallest absolute Gasteiger partial charge is 0.172 e. The van der Waals surface area contributed by atoms with Crippen molar-refractivity contribution in [2.24, 2.45) is 0 Å². The van der Waals surface area contributed by atoms with Gasteiger partial charge in [-0.2, -0.15) is 0 Å².